The highest BCUT2D eigenvalue weighted by molar-refractivity contribution is 5.21. The molecule has 2 atom stereocenters. The van der Waals surface area contributed by atoms with Crippen molar-refractivity contribution in [1.82, 2.24) is 0 Å². The van der Waals surface area contributed by atoms with Crippen LogP contribution in [0.4, 0.5) is 8.78 Å². The Labute approximate surface area is 88.1 Å². The Bertz CT molecular complexity index is 322. The maximum Gasteiger partial charge on any atom is 0.292 e. The van der Waals surface area contributed by atoms with Crippen molar-refractivity contribution in [3.63, 3.8) is 0 Å². The van der Waals surface area contributed by atoms with Crippen LogP contribution in [0.25, 0.3) is 0 Å². The summed E-state index contributed by atoms with van der Waals surface area (Å²) in [6, 6.07) is 8.74. The molecule has 1 nitrogen and oxygen atoms in total. The van der Waals surface area contributed by atoms with Crippen molar-refractivity contribution in [2.24, 2.45) is 0 Å². The summed E-state index contributed by atoms with van der Waals surface area (Å²) >= 11 is 0. The van der Waals surface area contributed by atoms with Crippen LogP contribution in [0.15, 0.2) is 43.0 Å². The molecule has 0 aliphatic rings. The average Bonchev–Trinajstić information content (AvgIpc) is 2.28. The van der Waals surface area contributed by atoms with E-state index in [9.17, 15) is 13.9 Å². The minimum Gasteiger partial charge on any atom is -0.386 e. The van der Waals surface area contributed by atoms with Gasteiger partial charge >= 0.3 is 0 Å². The summed E-state index contributed by atoms with van der Waals surface area (Å²) in [6.07, 6.45) is -1.26. The van der Waals surface area contributed by atoms with Gasteiger partial charge in [-0.1, -0.05) is 43.8 Å². The third-order valence-electron chi connectivity index (χ3n) is 2.47. The van der Waals surface area contributed by atoms with Gasteiger partial charge in [-0.05, 0) is 11.6 Å². The van der Waals surface area contributed by atoms with Gasteiger partial charge in [0, 0.05) is 5.92 Å². The molecule has 0 bridgehead atoms. The number of benzene rings is 1. The van der Waals surface area contributed by atoms with E-state index in [0.717, 1.165) is 0 Å². The van der Waals surface area contributed by atoms with Crippen LogP contribution >= 0.6 is 0 Å². The predicted octanol–water partition coefficient (Wildman–Crippen LogP) is 2.97. The third kappa shape index (κ3) is 2.63. The molecule has 0 spiro atoms. The van der Waals surface area contributed by atoms with Crippen molar-refractivity contribution in [3.05, 3.63) is 48.6 Å². The van der Waals surface area contributed by atoms with E-state index in [-0.39, 0.29) is 0 Å². The zero-order valence-corrected chi connectivity index (χ0v) is 8.53. The number of aliphatic hydroxyl groups is 1. The second kappa shape index (κ2) is 4.53. The molecule has 0 saturated carbocycles. The summed E-state index contributed by atoms with van der Waals surface area (Å²) in [5, 5.41) is 9.48. The lowest BCUT2D eigenvalue weighted by molar-refractivity contribution is -0.0788. The Morgan fingerprint density at radius 2 is 1.87 bits per heavy atom. The average molecular weight is 212 g/mol. The van der Waals surface area contributed by atoms with Crippen LogP contribution in [0, 0.1) is 0 Å². The summed E-state index contributed by atoms with van der Waals surface area (Å²) < 4.78 is 26.2. The second-order valence-electron chi connectivity index (χ2n) is 3.52. The highest BCUT2D eigenvalue weighted by Crippen LogP contribution is 2.30. The number of hydrogen-bond acceptors (Lipinski definition) is 1. The van der Waals surface area contributed by atoms with E-state index in [1.54, 1.807) is 37.3 Å². The number of aliphatic hydroxyl groups excluding tert-OH is 1. The van der Waals surface area contributed by atoms with Crippen LogP contribution in [0.5, 0.6) is 0 Å². The summed E-state index contributed by atoms with van der Waals surface area (Å²) in [6.45, 7) is 4.59. The Balaban J connectivity index is 2.86. The normalized spacial score (nSPS) is 15.7. The minimum atomic E-state index is -3.25. The molecule has 3 heteroatoms. The maximum atomic E-state index is 13.1. The van der Waals surface area contributed by atoms with Crippen LogP contribution < -0.4 is 0 Å². The number of alkyl halides is 2. The fraction of sp³-hybridized carbons (Fsp3) is 0.333. The van der Waals surface area contributed by atoms with E-state index in [2.05, 4.69) is 6.58 Å². The van der Waals surface area contributed by atoms with Gasteiger partial charge in [0.05, 0.1) is 0 Å². The van der Waals surface area contributed by atoms with Gasteiger partial charge in [-0.2, -0.15) is 8.78 Å². The third-order valence-corrected chi connectivity index (χ3v) is 2.47. The molecule has 2 unspecified atom stereocenters. The predicted molar refractivity (Wildman–Crippen MR) is 56.0 cm³/mol. The first-order valence-corrected chi connectivity index (χ1v) is 4.73. The van der Waals surface area contributed by atoms with E-state index in [1.165, 1.54) is 0 Å². The SMILES string of the molecule is C=CC(F)(F)C(O)C(C)c1ccccc1. The van der Waals surface area contributed by atoms with Crippen LogP contribution in [-0.2, 0) is 0 Å². The fourth-order valence-electron chi connectivity index (χ4n) is 1.39. The molecular weight excluding hydrogens is 198 g/mol. The van der Waals surface area contributed by atoms with Gasteiger partial charge in [-0.15, -0.1) is 0 Å². The van der Waals surface area contributed by atoms with E-state index >= 15 is 0 Å². The molecule has 0 aliphatic carbocycles. The quantitative estimate of drug-likeness (QED) is 0.761. The Hall–Kier alpha value is -1.22. The lowest BCUT2D eigenvalue weighted by Crippen LogP contribution is -2.35. The molecule has 0 saturated heterocycles. The van der Waals surface area contributed by atoms with Crippen LogP contribution in [0.1, 0.15) is 18.4 Å². The standard InChI is InChI=1S/C12H14F2O/c1-3-12(13,14)11(15)9(2)10-7-5-4-6-8-10/h3-9,11,15H,1H2,2H3. The van der Waals surface area contributed by atoms with Crippen LogP contribution in [0.3, 0.4) is 0 Å². The van der Waals surface area contributed by atoms with E-state index in [4.69, 9.17) is 0 Å². The van der Waals surface area contributed by atoms with Gasteiger partial charge < -0.3 is 5.11 Å². The molecule has 1 rings (SSSR count). The summed E-state index contributed by atoms with van der Waals surface area (Å²) in [7, 11) is 0. The lowest BCUT2D eigenvalue weighted by Gasteiger charge is -2.25. The molecule has 0 fully saturated rings. The van der Waals surface area contributed by atoms with Crippen molar-refractivity contribution in [2.75, 3.05) is 0 Å². The highest BCUT2D eigenvalue weighted by atomic mass is 19.3. The smallest absolute Gasteiger partial charge is 0.292 e. The first-order chi connectivity index (χ1) is 6.99. The first kappa shape index (κ1) is 11.9. The van der Waals surface area contributed by atoms with E-state index in [1.807, 2.05) is 0 Å². The zero-order valence-electron chi connectivity index (χ0n) is 8.53. The zero-order chi connectivity index (χ0) is 11.5. The molecule has 0 aliphatic heterocycles. The lowest BCUT2D eigenvalue weighted by atomic mass is 9.91. The van der Waals surface area contributed by atoms with Crippen LogP contribution in [-0.4, -0.2) is 17.1 Å². The monoisotopic (exact) mass is 212 g/mol. The Kier molecular flexibility index (Phi) is 3.58. The van der Waals surface area contributed by atoms with E-state index < -0.39 is 17.9 Å². The molecule has 1 aromatic rings. The van der Waals surface area contributed by atoms with Gasteiger partial charge in [0.25, 0.3) is 5.92 Å². The molecule has 0 radical (unpaired) electrons. The van der Waals surface area contributed by atoms with Gasteiger partial charge in [-0.25, -0.2) is 0 Å². The molecule has 15 heavy (non-hydrogen) atoms. The molecule has 1 N–H and O–H groups in total. The number of hydrogen-bond donors (Lipinski definition) is 1. The molecule has 1 aromatic carbocycles. The van der Waals surface area contributed by atoms with Crippen LogP contribution in [0.2, 0.25) is 0 Å². The number of rotatable bonds is 4. The molecular formula is C12H14F2O. The minimum absolute atomic E-state index is 0.483. The van der Waals surface area contributed by atoms with Gasteiger partial charge in [0.1, 0.15) is 6.10 Å². The fourth-order valence-corrected chi connectivity index (χ4v) is 1.39. The number of halogens is 2. The molecule has 82 valence electrons. The largest absolute Gasteiger partial charge is 0.386 e. The first-order valence-electron chi connectivity index (χ1n) is 4.73. The highest BCUT2D eigenvalue weighted by Gasteiger charge is 2.38. The van der Waals surface area contributed by atoms with Crippen molar-refractivity contribution in [1.29, 1.82) is 0 Å². The van der Waals surface area contributed by atoms with Gasteiger partial charge in [0.2, 0.25) is 0 Å². The second-order valence-corrected chi connectivity index (χ2v) is 3.52. The van der Waals surface area contributed by atoms with Gasteiger partial charge in [0.15, 0.2) is 0 Å². The summed E-state index contributed by atoms with van der Waals surface area (Å²) in [5.41, 5.74) is 0.687. The van der Waals surface area contributed by atoms with Crippen molar-refractivity contribution < 1.29 is 13.9 Å². The van der Waals surface area contributed by atoms with Crippen molar-refractivity contribution >= 4 is 0 Å². The molecule has 0 heterocycles. The molecule has 0 amide bonds. The topological polar surface area (TPSA) is 20.2 Å². The Morgan fingerprint density at radius 1 is 1.33 bits per heavy atom. The summed E-state index contributed by atoms with van der Waals surface area (Å²) in [4.78, 5) is 0. The Morgan fingerprint density at radius 3 is 2.33 bits per heavy atom. The van der Waals surface area contributed by atoms with Crippen molar-refractivity contribution in [2.45, 2.75) is 24.9 Å². The maximum absolute atomic E-state index is 13.1. The molecule has 0 aromatic heterocycles. The summed E-state index contributed by atoms with van der Waals surface area (Å²) in [5.74, 6) is -3.88. The van der Waals surface area contributed by atoms with Gasteiger partial charge in [-0.3, -0.25) is 0 Å². The van der Waals surface area contributed by atoms with Crippen molar-refractivity contribution in [3.8, 4) is 0 Å². The van der Waals surface area contributed by atoms with E-state index in [0.29, 0.717) is 11.6 Å².